The SMILES string of the molecule is C=C(C)CCOc1ccc(CO)cc1. The molecule has 1 rings (SSSR count). The van der Waals surface area contributed by atoms with Gasteiger partial charge in [0.2, 0.25) is 0 Å². The molecule has 0 aliphatic rings. The highest BCUT2D eigenvalue weighted by molar-refractivity contribution is 5.26. The van der Waals surface area contributed by atoms with Crippen LogP contribution in [0.3, 0.4) is 0 Å². The van der Waals surface area contributed by atoms with E-state index in [2.05, 4.69) is 6.58 Å². The Kier molecular flexibility index (Phi) is 4.20. The van der Waals surface area contributed by atoms with Crippen LogP contribution in [0.5, 0.6) is 5.75 Å². The molecule has 0 bridgehead atoms. The Labute approximate surface area is 84.8 Å². The van der Waals surface area contributed by atoms with Crippen molar-refractivity contribution >= 4 is 0 Å². The topological polar surface area (TPSA) is 29.5 Å². The highest BCUT2D eigenvalue weighted by Gasteiger charge is 1.94. The fraction of sp³-hybridized carbons (Fsp3) is 0.333. The lowest BCUT2D eigenvalue weighted by Crippen LogP contribution is -1.97. The first-order chi connectivity index (χ1) is 6.72. The second-order valence-corrected chi connectivity index (χ2v) is 3.36. The molecule has 0 aliphatic heterocycles. The van der Waals surface area contributed by atoms with Crippen molar-refractivity contribution in [2.45, 2.75) is 20.0 Å². The van der Waals surface area contributed by atoms with Crippen LogP contribution in [-0.2, 0) is 6.61 Å². The molecule has 1 aromatic rings. The van der Waals surface area contributed by atoms with Crippen LogP contribution in [0.2, 0.25) is 0 Å². The minimum Gasteiger partial charge on any atom is -0.493 e. The van der Waals surface area contributed by atoms with Gasteiger partial charge in [0.25, 0.3) is 0 Å². The van der Waals surface area contributed by atoms with E-state index in [1.54, 1.807) is 0 Å². The molecule has 0 saturated carbocycles. The van der Waals surface area contributed by atoms with Gasteiger partial charge in [0.05, 0.1) is 13.2 Å². The molecule has 0 fully saturated rings. The molecule has 76 valence electrons. The van der Waals surface area contributed by atoms with E-state index in [-0.39, 0.29) is 6.61 Å². The molecule has 14 heavy (non-hydrogen) atoms. The number of rotatable bonds is 5. The van der Waals surface area contributed by atoms with E-state index in [0.29, 0.717) is 6.61 Å². The quantitative estimate of drug-likeness (QED) is 0.726. The van der Waals surface area contributed by atoms with Crippen molar-refractivity contribution < 1.29 is 9.84 Å². The minimum absolute atomic E-state index is 0.0754. The van der Waals surface area contributed by atoms with Crippen LogP contribution in [0.25, 0.3) is 0 Å². The van der Waals surface area contributed by atoms with Crippen molar-refractivity contribution in [1.82, 2.24) is 0 Å². The lowest BCUT2D eigenvalue weighted by molar-refractivity contribution is 0.281. The molecular weight excluding hydrogens is 176 g/mol. The van der Waals surface area contributed by atoms with Gasteiger partial charge in [-0.15, -0.1) is 6.58 Å². The van der Waals surface area contributed by atoms with Gasteiger partial charge >= 0.3 is 0 Å². The predicted molar refractivity (Wildman–Crippen MR) is 57.3 cm³/mol. The Morgan fingerprint density at radius 3 is 2.50 bits per heavy atom. The maximum atomic E-state index is 8.82. The average molecular weight is 192 g/mol. The number of hydrogen-bond acceptors (Lipinski definition) is 2. The number of aliphatic hydroxyl groups is 1. The number of aliphatic hydroxyl groups excluding tert-OH is 1. The largest absolute Gasteiger partial charge is 0.493 e. The fourth-order valence-corrected chi connectivity index (χ4v) is 1.03. The Bertz CT molecular complexity index is 288. The van der Waals surface area contributed by atoms with Crippen LogP contribution in [0.1, 0.15) is 18.9 Å². The van der Waals surface area contributed by atoms with E-state index in [0.717, 1.165) is 23.3 Å². The van der Waals surface area contributed by atoms with Crippen molar-refractivity contribution in [1.29, 1.82) is 0 Å². The van der Waals surface area contributed by atoms with Crippen molar-refractivity contribution in [3.05, 3.63) is 42.0 Å². The molecule has 0 aromatic heterocycles. The van der Waals surface area contributed by atoms with Crippen LogP contribution in [-0.4, -0.2) is 11.7 Å². The predicted octanol–water partition coefficient (Wildman–Crippen LogP) is 2.52. The van der Waals surface area contributed by atoms with Gasteiger partial charge in [0.15, 0.2) is 0 Å². The highest BCUT2D eigenvalue weighted by Crippen LogP contribution is 2.12. The van der Waals surface area contributed by atoms with E-state index in [9.17, 15) is 0 Å². The van der Waals surface area contributed by atoms with Crippen LogP contribution in [0, 0.1) is 0 Å². The maximum absolute atomic E-state index is 8.82. The molecule has 0 radical (unpaired) electrons. The van der Waals surface area contributed by atoms with Gasteiger partial charge in [-0.1, -0.05) is 17.7 Å². The van der Waals surface area contributed by atoms with Gasteiger partial charge in [-0.2, -0.15) is 0 Å². The first-order valence-corrected chi connectivity index (χ1v) is 4.69. The summed E-state index contributed by atoms with van der Waals surface area (Å²) in [7, 11) is 0. The highest BCUT2D eigenvalue weighted by atomic mass is 16.5. The van der Waals surface area contributed by atoms with Crippen molar-refractivity contribution in [3.8, 4) is 5.75 Å². The summed E-state index contributed by atoms with van der Waals surface area (Å²) in [6.07, 6.45) is 0.877. The van der Waals surface area contributed by atoms with E-state index in [4.69, 9.17) is 9.84 Å². The van der Waals surface area contributed by atoms with E-state index in [1.807, 2.05) is 31.2 Å². The average Bonchev–Trinajstić information content (AvgIpc) is 2.18. The molecule has 0 unspecified atom stereocenters. The van der Waals surface area contributed by atoms with Gasteiger partial charge in [0, 0.05) is 6.42 Å². The summed E-state index contributed by atoms with van der Waals surface area (Å²) in [6.45, 7) is 6.52. The van der Waals surface area contributed by atoms with Gasteiger partial charge in [-0.25, -0.2) is 0 Å². The fourth-order valence-electron chi connectivity index (χ4n) is 1.03. The second kappa shape index (κ2) is 5.45. The van der Waals surface area contributed by atoms with Gasteiger partial charge < -0.3 is 9.84 Å². The molecule has 0 saturated heterocycles. The van der Waals surface area contributed by atoms with Gasteiger partial charge in [0.1, 0.15) is 5.75 Å². The van der Waals surface area contributed by atoms with E-state index < -0.39 is 0 Å². The van der Waals surface area contributed by atoms with Gasteiger partial charge in [-0.05, 0) is 24.6 Å². The minimum atomic E-state index is 0.0754. The molecule has 1 aromatic carbocycles. The summed E-state index contributed by atoms with van der Waals surface area (Å²) in [5.74, 6) is 0.837. The van der Waals surface area contributed by atoms with Crippen molar-refractivity contribution in [3.63, 3.8) is 0 Å². The second-order valence-electron chi connectivity index (χ2n) is 3.36. The summed E-state index contributed by atoms with van der Waals surface area (Å²) in [6, 6.07) is 7.44. The molecule has 2 heteroatoms. The molecule has 0 spiro atoms. The van der Waals surface area contributed by atoms with Crippen LogP contribution >= 0.6 is 0 Å². The Morgan fingerprint density at radius 1 is 1.36 bits per heavy atom. The molecule has 1 N–H and O–H groups in total. The Balaban J connectivity index is 2.40. The Morgan fingerprint density at radius 2 is 2.00 bits per heavy atom. The van der Waals surface area contributed by atoms with Crippen LogP contribution in [0.4, 0.5) is 0 Å². The van der Waals surface area contributed by atoms with Crippen molar-refractivity contribution in [2.75, 3.05) is 6.61 Å². The standard InChI is InChI=1S/C12H16O2/c1-10(2)7-8-14-12-5-3-11(9-13)4-6-12/h3-6,13H,1,7-9H2,2H3. The van der Waals surface area contributed by atoms with Crippen LogP contribution in [0.15, 0.2) is 36.4 Å². The van der Waals surface area contributed by atoms with Crippen LogP contribution < -0.4 is 4.74 Å². The zero-order valence-electron chi connectivity index (χ0n) is 8.49. The molecule has 0 amide bonds. The molecule has 0 heterocycles. The Hall–Kier alpha value is -1.28. The molecule has 2 nitrogen and oxygen atoms in total. The maximum Gasteiger partial charge on any atom is 0.119 e. The smallest absolute Gasteiger partial charge is 0.119 e. The first-order valence-electron chi connectivity index (χ1n) is 4.69. The first kappa shape index (κ1) is 10.8. The number of benzene rings is 1. The summed E-state index contributed by atoms with van der Waals surface area (Å²) in [5.41, 5.74) is 2.02. The molecule has 0 atom stereocenters. The number of ether oxygens (including phenoxy) is 1. The third-order valence-electron chi connectivity index (χ3n) is 1.90. The summed E-state index contributed by atoms with van der Waals surface area (Å²) < 4.78 is 5.47. The molecular formula is C12H16O2. The lowest BCUT2D eigenvalue weighted by atomic mass is 10.2. The summed E-state index contributed by atoms with van der Waals surface area (Å²) >= 11 is 0. The summed E-state index contributed by atoms with van der Waals surface area (Å²) in [5, 5.41) is 8.82. The monoisotopic (exact) mass is 192 g/mol. The molecule has 0 aliphatic carbocycles. The van der Waals surface area contributed by atoms with E-state index >= 15 is 0 Å². The normalized spacial score (nSPS) is 9.86. The third kappa shape index (κ3) is 3.62. The lowest BCUT2D eigenvalue weighted by Gasteiger charge is -2.06. The summed E-state index contributed by atoms with van der Waals surface area (Å²) in [4.78, 5) is 0. The van der Waals surface area contributed by atoms with Gasteiger partial charge in [-0.3, -0.25) is 0 Å². The van der Waals surface area contributed by atoms with E-state index in [1.165, 1.54) is 0 Å². The zero-order valence-corrected chi connectivity index (χ0v) is 8.49. The number of hydrogen-bond donors (Lipinski definition) is 1. The third-order valence-corrected chi connectivity index (χ3v) is 1.90. The van der Waals surface area contributed by atoms with Crippen molar-refractivity contribution in [2.24, 2.45) is 0 Å². The zero-order chi connectivity index (χ0) is 10.4.